The van der Waals surface area contributed by atoms with Crippen LogP contribution >= 0.6 is 15.9 Å². The molecular weight excluding hydrogens is 423 g/mol. The van der Waals surface area contributed by atoms with Crippen LogP contribution in [0.5, 0.6) is 0 Å². The molecule has 3 rings (SSSR count). The number of nitrogens with zero attached hydrogens (tertiary/aromatic N) is 2. The third kappa shape index (κ3) is 4.25. The second-order valence-electron chi connectivity index (χ2n) is 6.10. The SMILES string of the molecule is CN(Cc1ccc(N2CCOCC2)cc1)S(=O)(=O)c1cc(Br)ccc1F. The Labute approximate surface area is 161 Å². The molecule has 1 fully saturated rings. The summed E-state index contributed by atoms with van der Waals surface area (Å²) in [7, 11) is -2.47. The van der Waals surface area contributed by atoms with E-state index in [0.717, 1.165) is 34.7 Å². The molecule has 2 aromatic carbocycles. The van der Waals surface area contributed by atoms with Gasteiger partial charge >= 0.3 is 0 Å². The van der Waals surface area contributed by atoms with Gasteiger partial charge in [-0.2, -0.15) is 4.31 Å². The highest BCUT2D eigenvalue weighted by Crippen LogP contribution is 2.24. The summed E-state index contributed by atoms with van der Waals surface area (Å²) < 4.78 is 46.3. The fraction of sp³-hybridized carbons (Fsp3) is 0.333. The molecule has 140 valence electrons. The lowest BCUT2D eigenvalue weighted by Crippen LogP contribution is -2.36. The van der Waals surface area contributed by atoms with Gasteiger partial charge in [-0.05, 0) is 35.9 Å². The van der Waals surface area contributed by atoms with Gasteiger partial charge in [-0.15, -0.1) is 0 Å². The number of ether oxygens (including phenoxy) is 1. The molecule has 8 heteroatoms. The van der Waals surface area contributed by atoms with Crippen molar-refractivity contribution in [2.75, 3.05) is 38.3 Å². The van der Waals surface area contributed by atoms with E-state index in [1.165, 1.54) is 19.2 Å². The smallest absolute Gasteiger partial charge is 0.246 e. The van der Waals surface area contributed by atoms with Crippen LogP contribution in [0.4, 0.5) is 10.1 Å². The van der Waals surface area contributed by atoms with E-state index in [-0.39, 0.29) is 11.4 Å². The molecule has 0 aromatic heterocycles. The van der Waals surface area contributed by atoms with E-state index in [1.807, 2.05) is 24.3 Å². The Morgan fingerprint density at radius 1 is 1.15 bits per heavy atom. The molecule has 1 saturated heterocycles. The van der Waals surface area contributed by atoms with Crippen molar-refractivity contribution in [3.63, 3.8) is 0 Å². The van der Waals surface area contributed by atoms with Gasteiger partial charge in [-0.3, -0.25) is 0 Å². The average Bonchev–Trinajstić information content (AvgIpc) is 2.65. The standard InChI is InChI=1S/C18H20BrFN2O3S/c1-21(26(23,24)18-12-15(19)4-7-17(18)20)13-14-2-5-16(6-3-14)22-8-10-25-11-9-22/h2-7,12H,8-11,13H2,1H3. The van der Waals surface area contributed by atoms with Gasteiger partial charge in [0.25, 0.3) is 0 Å². The molecule has 0 radical (unpaired) electrons. The minimum absolute atomic E-state index is 0.164. The Bertz CT molecular complexity index is 869. The van der Waals surface area contributed by atoms with Crippen LogP contribution in [-0.4, -0.2) is 46.1 Å². The fourth-order valence-electron chi connectivity index (χ4n) is 2.82. The van der Waals surface area contributed by atoms with Gasteiger partial charge in [0.2, 0.25) is 10.0 Å². The monoisotopic (exact) mass is 442 g/mol. The van der Waals surface area contributed by atoms with Crippen molar-refractivity contribution in [2.45, 2.75) is 11.4 Å². The first kappa shape index (κ1) is 19.3. The van der Waals surface area contributed by atoms with Crippen molar-refractivity contribution in [3.8, 4) is 0 Å². The van der Waals surface area contributed by atoms with E-state index in [2.05, 4.69) is 20.8 Å². The van der Waals surface area contributed by atoms with Gasteiger partial charge in [-0.25, -0.2) is 12.8 Å². The minimum Gasteiger partial charge on any atom is -0.378 e. The fourth-order valence-corrected chi connectivity index (χ4v) is 4.58. The number of benzene rings is 2. The number of halogens is 2. The summed E-state index contributed by atoms with van der Waals surface area (Å²) in [6.45, 7) is 3.27. The number of rotatable bonds is 5. The molecule has 0 N–H and O–H groups in total. The van der Waals surface area contributed by atoms with Gasteiger partial charge in [0.05, 0.1) is 13.2 Å². The largest absolute Gasteiger partial charge is 0.378 e. The zero-order valence-electron chi connectivity index (χ0n) is 14.4. The Balaban J connectivity index is 1.74. The van der Waals surface area contributed by atoms with E-state index in [1.54, 1.807) is 0 Å². The molecule has 2 aromatic rings. The Kier molecular flexibility index (Phi) is 5.96. The predicted octanol–water partition coefficient (Wildman–Crippen LogP) is 3.25. The Hall–Kier alpha value is -1.48. The lowest BCUT2D eigenvalue weighted by Gasteiger charge is -2.29. The normalized spacial score (nSPS) is 15.5. The van der Waals surface area contributed by atoms with Crippen molar-refractivity contribution in [2.24, 2.45) is 0 Å². The molecule has 0 spiro atoms. The molecule has 0 unspecified atom stereocenters. The molecule has 26 heavy (non-hydrogen) atoms. The average molecular weight is 443 g/mol. The van der Waals surface area contributed by atoms with Gasteiger partial charge in [0.15, 0.2) is 0 Å². The summed E-state index contributed by atoms with van der Waals surface area (Å²) in [4.78, 5) is 1.89. The summed E-state index contributed by atoms with van der Waals surface area (Å²) in [5.74, 6) is -0.761. The van der Waals surface area contributed by atoms with E-state index in [4.69, 9.17) is 4.74 Å². The second kappa shape index (κ2) is 8.04. The first-order valence-electron chi connectivity index (χ1n) is 8.21. The molecule has 0 saturated carbocycles. The van der Waals surface area contributed by atoms with Crippen LogP contribution in [0.1, 0.15) is 5.56 Å². The number of sulfonamides is 1. The third-order valence-corrected chi connectivity index (χ3v) is 6.61. The maximum atomic E-state index is 14.0. The molecule has 0 bridgehead atoms. The van der Waals surface area contributed by atoms with E-state index in [9.17, 15) is 12.8 Å². The molecule has 5 nitrogen and oxygen atoms in total. The summed E-state index contributed by atoms with van der Waals surface area (Å²) in [5.41, 5.74) is 1.92. The van der Waals surface area contributed by atoms with Gasteiger partial charge in [0, 0.05) is 36.8 Å². The van der Waals surface area contributed by atoms with Crippen LogP contribution in [0.15, 0.2) is 51.8 Å². The highest BCUT2D eigenvalue weighted by molar-refractivity contribution is 9.10. The minimum atomic E-state index is -3.92. The van der Waals surface area contributed by atoms with Crippen molar-refractivity contribution >= 4 is 31.6 Å². The van der Waals surface area contributed by atoms with Crippen LogP contribution < -0.4 is 4.90 Å². The van der Waals surface area contributed by atoms with Crippen molar-refractivity contribution < 1.29 is 17.5 Å². The molecule has 0 amide bonds. The van der Waals surface area contributed by atoms with Crippen molar-refractivity contribution in [3.05, 3.63) is 58.3 Å². The Morgan fingerprint density at radius 3 is 2.46 bits per heavy atom. The number of hydrogen-bond donors (Lipinski definition) is 0. The first-order chi connectivity index (χ1) is 12.4. The van der Waals surface area contributed by atoms with E-state index < -0.39 is 15.8 Å². The maximum absolute atomic E-state index is 14.0. The van der Waals surface area contributed by atoms with E-state index >= 15 is 0 Å². The van der Waals surface area contributed by atoms with E-state index in [0.29, 0.717) is 17.7 Å². The zero-order chi connectivity index (χ0) is 18.7. The predicted molar refractivity (Wildman–Crippen MR) is 102 cm³/mol. The van der Waals surface area contributed by atoms with Crippen LogP contribution in [0, 0.1) is 5.82 Å². The summed E-state index contributed by atoms with van der Waals surface area (Å²) in [6.07, 6.45) is 0. The highest BCUT2D eigenvalue weighted by atomic mass is 79.9. The molecule has 0 aliphatic carbocycles. The van der Waals surface area contributed by atoms with Crippen LogP contribution in [0.2, 0.25) is 0 Å². The quantitative estimate of drug-likeness (QED) is 0.712. The second-order valence-corrected chi connectivity index (χ2v) is 9.03. The van der Waals surface area contributed by atoms with Gasteiger partial charge in [-0.1, -0.05) is 28.1 Å². The number of morpholine rings is 1. The number of anilines is 1. The maximum Gasteiger partial charge on any atom is 0.246 e. The summed E-state index contributed by atoms with van der Waals surface area (Å²) >= 11 is 3.19. The lowest BCUT2D eigenvalue weighted by molar-refractivity contribution is 0.122. The van der Waals surface area contributed by atoms with Crippen molar-refractivity contribution in [1.29, 1.82) is 0 Å². The first-order valence-corrected chi connectivity index (χ1v) is 10.4. The molecule has 1 heterocycles. The van der Waals surface area contributed by atoms with Crippen LogP contribution in [-0.2, 0) is 21.3 Å². The van der Waals surface area contributed by atoms with Crippen molar-refractivity contribution in [1.82, 2.24) is 4.31 Å². The zero-order valence-corrected chi connectivity index (χ0v) is 16.8. The topological polar surface area (TPSA) is 49.9 Å². The van der Waals surface area contributed by atoms with Gasteiger partial charge in [0.1, 0.15) is 10.7 Å². The van der Waals surface area contributed by atoms with Crippen LogP contribution in [0.3, 0.4) is 0 Å². The highest BCUT2D eigenvalue weighted by Gasteiger charge is 2.25. The lowest BCUT2D eigenvalue weighted by atomic mass is 10.2. The summed E-state index contributed by atoms with van der Waals surface area (Å²) in [5, 5.41) is 0. The molecule has 1 aliphatic rings. The third-order valence-electron chi connectivity index (χ3n) is 4.30. The molecule has 1 aliphatic heterocycles. The van der Waals surface area contributed by atoms with Gasteiger partial charge < -0.3 is 9.64 Å². The number of hydrogen-bond acceptors (Lipinski definition) is 4. The Morgan fingerprint density at radius 2 is 1.81 bits per heavy atom. The van der Waals surface area contributed by atoms with Crippen LogP contribution in [0.25, 0.3) is 0 Å². The molecule has 0 atom stereocenters. The molecular formula is C18H20BrFN2O3S. The summed E-state index contributed by atoms with van der Waals surface area (Å²) in [6, 6.07) is 11.6.